The number of hydrogen-bond acceptors (Lipinski definition) is 6. The molecule has 1 aliphatic carbocycles. The number of carbonyl (C=O) groups is 2. The summed E-state index contributed by atoms with van der Waals surface area (Å²) in [6.45, 7) is 0. The van der Waals surface area contributed by atoms with Crippen molar-refractivity contribution in [1.29, 1.82) is 0 Å². The summed E-state index contributed by atoms with van der Waals surface area (Å²) in [7, 11) is 0. The van der Waals surface area contributed by atoms with Crippen LogP contribution in [0, 0.1) is 0 Å². The van der Waals surface area contributed by atoms with E-state index in [2.05, 4.69) is 37.7 Å². The molecule has 2 amide bonds. The fourth-order valence-corrected chi connectivity index (χ4v) is 3.87. The first-order valence-corrected chi connectivity index (χ1v) is 9.45. The van der Waals surface area contributed by atoms with E-state index >= 15 is 0 Å². The third kappa shape index (κ3) is 2.96. The lowest BCUT2D eigenvalue weighted by atomic mass is 10.1. The number of nitrogens with two attached hydrogens (primary N) is 1. The average molecular weight is 399 g/mol. The van der Waals surface area contributed by atoms with Crippen LogP contribution in [-0.2, 0) is 12.8 Å². The number of nitrogens with one attached hydrogen (secondary N) is 1. The van der Waals surface area contributed by atoms with Crippen molar-refractivity contribution in [2.45, 2.75) is 18.9 Å². The highest BCUT2D eigenvalue weighted by Gasteiger charge is 2.27. The Morgan fingerprint density at radius 2 is 1.80 bits per heavy atom. The van der Waals surface area contributed by atoms with Crippen molar-refractivity contribution in [1.82, 2.24) is 30.1 Å². The summed E-state index contributed by atoms with van der Waals surface area (Å²) in [6, 6.07) is 13.0. The van der Waals surface area contributed by atoms with Gasteiger partial charge in [0.15, 0.2) is 5.65 Å². The molecule has 0 spiro atoms. The van der Waals surface area contributed by atoms with Gasteiger partial charge in [-0.25, -0.2) is 9.50 Å². The summed E-state index contributed by atoms with van der Waals surface area (Å²) in [5.74, 6) is -1.01. The Morgan fingerprint density at radius 3 is 2.47 bits per heavy atom. The number of carbonyl (C=O) groups excluding carboxylic acids is 2. The summed E-state index contributed by atoms with van der Waals surface area (Å²) < 4.78 is 1.33. The minimum Gasteiger partial charge on any atom is -0.365 e. The molecule has 5 rings (SSSR count). The van der Waals surface area contributed by atoms with Crippen molar-refractivity contribution in [2.24, 2.45) is 5.73 Å². The van der Waals surface area contributed by atoms with E-state index in [0.29, 0.717) is 5.69 Å². The van der Waals surface area contributed by atoms with Crippen LogP contribution in [0.1, 0.15) is 32.0 Å². The molecule has 0 saturated heterocycles. The van der Waals surface area contributed by atoms with Crippen LogP contribution in [-0.4, -0.2) is 42.7 Å². The Bertz CT molecular complexity index is 1260. The second-order valence-electron chi connectivity index (χ2n) is 7.11. The SMILES string of the molecule is NC(=O)c1c(-c2cccnn2)nn2c(C(=O)NC3Cc4ccccc4C3)ccnc12. The number of benzene rings is 1. The van der Waals surface area contributed by atoms with Crippen molar-refractivity contribution in [2.75, 3.05) is 0 Å². The van der Waals surface area contributed by atoms with E-state index in [1.807, 2.05) is 12.1 Å². The summed E-state index contributed by atoms with van der Waals surface area (Å²) in [6.07, 6.45) is 4.52. The van der Waals surface area contributed by atoms with E-state index in [4.69, 9.17) is 5.73 Å². The lowest BCUT2D eigenvalue weighted by Crippen LogP contribution is -2.36. The number of rotatable bonds is 4. The van der Waals surface area contributed by atoms with Crippen LogP contribution < -0.4 is 11.1 Å². The van der Waals surface area contributed by atoms with Crippen molar-refractivity contribution in [3.05, 3.63) is 77.2 Å². The van der Waals surface area contributed by atoms with Gasteiger partial charge < -0.3 is 11.1 Å². The molecule has 3 aromatic heterocycles. The highest BCUT2D eigenvalue weighted by Crippen LogP contribution is 2.25. The molecule has 1 aromatic carbocycles. The third-order valence-corrected chi connectivity index (χ3v) is 5.20. The predicted molar refractivity (Wildman–Crippen MR) is 108 cm³/mol. The van der Waals surface area contributed by atoms with Crippen molar-refractivity contribution in [3.63, 3.8) is 0 Å². The van der Waals surface area contributed by atoms with Crippen molar-refractivity contribution >= 4 is 17.5 Å². The molecule has 9 heteroatoms. The molecule has 1 aliphatic rings. The van der Waals surface area contributed by atoms with Gasteiger partial charge in [0.1, 0.15) is 22.6 Å². The van der Waals surface area contributed by atoms with Gasteiger partial charge in [-0.3, -0.25) is 9.59 Å². The van der Waals surface area contributed by atoms with Crippen LogP contribution in [0.5, 0.6) is 0 Å². The first kappa shape index (κ1) is 17.9. The zero-order valence-electron chi connectivity index (χ0n) is 15.8. The van der Waals surface area contributed by atoms with Gasteiger partial charge >= 0.3 is 0 Å². The maximum absolute atomic E-state index is 13.0. The zero-order valence-corrected chi connectivity index (χ0v) is 15.8. The molecule has 0 saturated carbocycles. The van der Waals surface area contributed by atoms with E-state index in [0.717, 1.165) is 12.8 Å². The van der Waals surface area contributed by atoms with Crippen molar-refractivity contribution in [3.8, 4) is 11.4 Å². The van der Waals surface area contributed by atoms with Crippen LogP contribution in [0.15, 0.2) is 54.9 Å². The van der Waals surface area contributed by atoms with E-state index < -0.39 is 5.91 Å². The van der Waals surface area contributed by atoms with E-state index in [-0.39, 0.29) is 34.5 Å². The molecule has 148 valence electrons. The highest BCUT2D eigenvalue weighted by molar-refractivity contribution is 6.05. The number of nitrogens with zero attached hydrogens (tertiary/aromatic N) is 5. The second kappa shape index (κ2) is 7.03. The summed E-state index contributed by atoms with van der Waals surface area (Å²) >= 11 is 0. The molecule has 30 heavy (non-hydrogen) atoms. The standard InChI is InChI=1S/C21H17N7O2/c22-19(29)17-18(15-6-3-8-24-26-15)27-28-16(7-9-23-20(17)28)21(30)25-14-10-12-4-1-2-5-13(12)11-14/h1-9,14H,10-11H2,(H2,22,29)(H,25,30). The second-order valence-corrected chi connectivity index (χ2v) is 7.11. The van der Waals surface area contributed by atoms with Gasteiger partial charge in [0.05, 0.1) is 0 Å². The summed E-state index contributed by atoms with van der Waals surface area (Å²) in [5, 5.41) is 15.3. The highest BCUT2D eigenvalue weighted by atomic mass is 16.2. The molecular formula is C21H17N7O2. The summed E-state index contributed by atoms with van der Waals surface area (Å²) in [4.78, 5) is 29.4. The molecule has 0 bridgehead atoms. The van der Waals surface area contributed by atoms with Crippen molar-refractivity contribution < 1.29 is 9.59 Å². The van der Waals surface area contributed by atoms with Gasteiger partial charge in [-0.15, -0.1) is 5.10 Å². The number of aromatic nitrogens is 5. The van der Waals surface area contributed by atoms with Gasteiger partial charge in [0.25, 0.3) is 11.8 Å². The van der Waals surface area contributed by atoms with Crippen LogP contribution in [0.3, 0.4) is 0 Å². The number of amides is 2. The molecule has 0 unspecified atom stereocenters. The van der Waals surface area contributed by atoms with Gasteiger partial charge in [-0.2, -0.15) is 10.2 Å². The largest absolute Gasteiger partial charge is 0.365 e. The average Bonchev–Trinajstić information content (AvgIpc) is 3.35. The molecular weight excluding hydrogens is 382 g/mol. The fraction of sp³-hybridized carbons (Fsp3) is 0.143. The number of fused-ring (bicyclic) bond motifs is 2. The van der Waals surface area contributed by atoms with E-state index in [9.17, 15) is 9.59 Å². The summed E-state index contributed by atoms with van der Waals surface area (Å²) in [5.41, 5.74) is 9.22. The van der Waals surface area contributed by atoms with E-state index in [1.54, 1.807) is 18.2 Å². The maximum atomic E-state index is 13.0. The Balaban J connectivity index is 1.52. The first-order valence-electron chi connectivity index (χ1n) is 9.45. The van der Waals surface area contributed by atoms with Crippen LogP contribution in [0.4, 0.5) is 0 Å². The molecule has 3 heterocycles. The molecule has 3 N–H and O–H groups in total. The molecule has 9 nitrogen and oxygen atoms in total. The Kier molecular flexibility index (Phi) is 4.20. The molecule has 4 aromatic rings. The normalized spacial score (nSPS) is 13.3. The lowest BCUT2D eigenvalue weighted by Gasteiger charge is -2.12. The Hall–Kier alpha value is -4.14. The molecule has 0 atom stereocenters. The number of primary amides is 1. The lowest BCUT2D eigenvalue weighted by molar-refractivity contribution is 0.0929. The van der Waals surface area contributed by atoms with Gasteiger partial charge in [0, 0.05) is 18.4 Å². The minimum atomic E-state index is -0.707. The van der Waals surface area contributed by atoms with Gasteiger partial charge in [0.2, 0.25) is 0 Å². The Labute approximate surface area is 171 Å². The topological polar surface area (TPSA) is 128 Å². The first-order chi connectivity index (χ1) is 14.6. The number of hydrogen-bond donors (Lipinski definition) is 2. The van der Waals surface area contributed by atoms with Gasteiger partial charge in [-0.1, -0.05) is 24.3 Å². The predicted octanol–water partition coefficient (Wildman–Crippen LogP) is 1.18. The molecule has 0 aliphatic heterocycles. The minimum absolute atomic E-state index is 0.0104. The Morgan fingerprint density at radius 1 is 1.03 bits per heavy atom. The van der Waals surface area contributed by atoms with E-state index in [1.165, 1.54) is 28.0 Å². The monoisotopic (exact) mass is 399 g/mol. The van der Waals surface area contributed by atoms with Crippen LogP contribution >= 0.6 is 0 Å². The van der Waals surface area contributed by atoms with Crippen LogP contribution in [0.2, 0.25) is 0 Å². The third-order valence-electron chi connectivity index (χ3n) is 5.20. The van der Waals surface area contributed by atoms with Gasteiger partial charge in [-0.05, 0) is 42.2 Å². The zero-order chi connectivity index (χ0) is 20.7. The van der Waals surface area contributed by atoms with Crippen LogP contribution in [0.25, 0.3) is 17.0 Å². The fourth-order valence-electron chi connectivity index (χ4n) is 3.87. The smallest absolute Gasteiger partial charge is 0.270 e. The molecule has 0 radical (unpaired) electrons. The maximum Gasteiger partial charge on any atom is 0.270 e. The molecule has 0 fully saturated rings. The quantitative estimate of drug-likeness (QED) is 0.530.